The first-order chi connectivity index (χ1) is 10.1. The summed E-state index contributed by atoms with van der Waals surface area (Å²) in [5.74, 6) is 1.06. The van der Waals surface area contributed by atoms with E-state index < -0.39 is 0 Å². The third-order valence-corrected chi connectivity index (χ3v) is 5.95. The van der Waals surface area contributed by atoms with Gasteiger partial charge in [-0.15, -0.1) is 11.3 Å². The van der Waals surface area contributed by atoms with Crippen LogP contribution in [0.15, 0.2) is 52.8 Å². The van der Waals surface area contributed by atoms with Crippen LogP contribution in [0.5, 0.6) is 0 Å². The maximum Gasteiger partial charge on any atom is 0.157 e. The molecule has 0 amide bonds. The fourth-order valence-corrected chi connectivity index (χ4v) is 4.19. The highest BCUT2D eigenvalue weighted by molar-refractivity contribution is 8.14. The van der Waals surface area contributed by atoms with Gasteiger partial charge in [-0.2, -0.15) is 0 Å². The lowest BCUT2D eigenvalue weighted by Gasteiger charge is -2.20. The third kappa shape index (κ3) is 3.50. The molecule has 1 unspecified atom stereocenters. The van der Waals surface area contributed by atoms with Crippen molar-refractivity contribution in [3.8, 4) is 0 Å². The zero-order valence-electron chi connectivity index (χ0n) is 12.4. The van der Waals surface area contributed by atoms with Crippen molar-refractivity contribution in [2.24, 2.45) is 4.99 Å². The van der Waals surface area contributed by atoms with Crippen molar-refractivity contribution in [1.82, 2.24) is 5.32 Å². The molecular weight excluding hydrogens is 296 g/mol. The molecule has 1 aromatic heterocycles. The van der Waals surface area contributed by atoms with Gasteiger partial charge in [0, 0.05) is 16.0 Å². The van der Waals surface area contributed by atoms with Crippen LogP contribution in [0.2, 0.25) is 0 Å². The SMILES string of the molecule is CC(C)(CN=C1NC(c2ccccc2)CS1)c1cccs1. The van der Waals surface area contributed by atoms with E-state index in [4.69, 9.17) is 4.99 Å². The average molecular weight is 316 g/mol. The Labute approximate surface area is 134 Å². The van der Waals surface area contributed by atoms with Crippen LogP contribution in [0, 0.1) is 0 Å². The molecule has 1 atom stereocenters. The van der Waals surface area contributed by atoms with Gasteiger partial charge in [-0.05, 0) is 17.0 Å². The molecule has 1 aliphatic heterocycles. The van der Waals surface area contributed by atoms with Gasteiger partial charge >= 0.3 is 0 Å². The predicted molar refractivity (Wildman–Crippen MR) is 94.4 cm³/mol. The van der Waals surface area contributed by atoms with E-state index in [9.17, 15) is 0 Å². The molecular formula is C17H20N2S2. The number of nitrogens with one attached hydrogen (secondary N) is 1. The van der Waals surface area contributed by atoms with Gasteiger partial charge < -0.3 is 5.32 Å². The summed E-state index contributed by atoms with van der Waals surface area (Å²) in [6, 6.07) is 15.3. The number of thioether (sulfide) groups is 1. The Morgan fingerprint density at radius 1 is 1.19 bits per heavy atom. The number of benzene rings is 1. The molecule has 3 rings (SSSR count). The fourth-order valence-electron chi connectivity index (χ4n) is 2.36. The Morgan fingerprint density at radius 3 is 2.71 bits per heavy atom. The van der Waals surface area contributed by atoms with E-state index in [1.807, 2.05) is 23.1 Å². The Balaban J connectivity index is 1.64. The molecule has 0 bridgehead atoms. The summed E-state index contributed by atoms with van der Waals surface area (Å²) >= 11 is 3.64. The molecule has 0 spiro atoms. The third-order valence-electron chi connectivity index (χ3n) is 3.69. The van der Waals surface area contributed by atoms with E-state index in [1.54, 1.807) is 0 Å². The Bertz CT molecular complexity index is 603. The van der Waals surface area contributed by atoms with Gasteiger partial charge in [-0.25, -0.2) is 0 Å². The zero-order valence-corrected chi connectivity index (χ0v) is 14.0. The molecule has 1 fully saturated rings. The molecule has 2 heterocycles. The highest BCUT2D eigenvalue weighted by Gasteiger charge is 2.24. The number of hydrogen-bond acceptors (Lipinski definition) is 3. The minimum Gasteiger partial charge on any atom is -0.357 e. The number of thiophene rings is 1. The summed E-state index contributed by atoms with van der Waals surface area (Å²) in [6.45, 7) is 5.35. The molecule has 1 saturated heterocycles. The molecule has 110 valence electrons. The van der Waals surface area contributed by atoms with Crippen molar-refractivity contribution < 1.29 is 0 Å². The molecule has 0 saturated carbocycles. The van der Waals surface area contributed by atoms with Gasteiger partial charge in [0.15, 0.2) is 5.17 Å². The minimum atomic E-state index is 0.105. The molecule has 0 aliphatic carbocycles. The molecule has 21 heavy (non-hydrogen) atoms. The van der Waals surface area contributed by atoms with E-state index in [1.165, 1.54) is 10.4 Å². The molecule has 2 aromatic rings. The lowest BCUT2D eigenvalue weighted by Crippen LogP contribution is -2.24. The van der Waals surface area contributed by atoms with Crippen LogP contribution in [-0.2, 0) is 5.41 Å². The maximum absolute atomic E-state index is 4.80. The first-order valence-electron chi connectivity index (χ1n) is 7.18. The van der Waals surface area contributed by atoms with Crippen LogP contribution < -0.4 is 5.32 Å². The molecule has 1 aromatic carbocycles. The summed E-state index contributed by atoms with van der Waals surface area (Å²) in [6.07, 6.45) is 0. The van der Waals surface area contributed by atoms with Gasteiger partial charge in [0.1, 0.15) is 0 Å². The minimum absolute atomic E-state index is 0.105. The Hall–Kier alpha value is -1.26. The molecule has 2 nitrogen and oxygen atoms in total. The Kier molecular flexibility index (Phi) is 4.36. The summed E-state index contributed by atoms with van der Waals surface area (Å²) in [5.41, 5.74) is 1.45. The van der Waals surface area contributed by atoms with Gasteiger partial charge in [-0.1, -0.05) is 62.0 Å². The first-order valence-corrected chi connectivity index (χ1v) is 9.04. The van der Waals surface area contributed by atoms with Gasteiger partial charge in [0.05, 0.1) is 12.6 Å². The predicted octanol–water partition coefficient (Wildman–Crippen LogP) is 4.46. The van der Waals surface area contributed by atoms with Crippen molar-refractivity contribution >= 4 is 28.3 Å². The van der Waals surface area contributed by atoms with Gasteiger partial charge in [0.25, 0.3) is 0 Å². The number of amidine groups is 1. The molecule has 1 aliphatic rings. The van der Waals surface area contributed by atoms with E-state index in [0.717, 1.165) is 17.5 Å². The number of aliphatic imine (C=N–C) groups is 1. The summed E-state index contributed by atoms with van der Waals surface area (Å²) in [7, 11) is 0. The van der Waals surface area contributed by atoms with Crippen LogP contribution in [0.3, 0.4) is 0 Å². The largest absolute Gasteiger partial charge is 0.357 e. The second-order valence-electron chi connectivity index (χ2n) is 5.90. The van der Waals surface area contributed by atoms with Crippen LogP contribution >= 0.6 is 23.1 Å². The van der Waals surface area contributed by atoms with Crippen LogP contribution in [-0.4, -0.2) is 17.5 Å². The topological polar surface area (TPSA) is 24.4 Å². The standard InChI is InChI=1S/C17H20N2S2/c1-17(2,15-9-6-10-20-15)12-18-16-19-14(11-21-16)13-7-4-3-5-8-13/h3-10,14H,11-12H2,1-2H3,(H,18,19). The second-order valence-corrected chi connectivity index (χ2v) is 7.86. The fraction of sp³-hybridized carbons (Fsp3) is 0.353. The number of rotatable bonds is 4. The maximum atomic E-state index is 4.80. The van der Waals surface area contributed by atoms with Crippen LogP contribution in [0.1, 0.15) is 30.3 Å². The average Bonchev–Trinajstić information content (AvgIpc) is 3.18. The first kappa shape index (κ1) is 14.7. The molecule has 1 N–H and O–H groups in total. The van der Waals surface area contributed by atoms with Crippen LogP contribution in [0.4, 0.5) is 0 Å². The van der Waals surface area contributed by atoms with Crippen molar-refractivity contribution in [1.29, 1.82) is 0 Å². The highest BCUT2D eigenvalue weighted by Crippen LogP contribution is 2.30. The molecule has 4 heteroatoms. The van der Waals surface area contributed by atoms with Crippen LogP contribution in [0.25, 0.3) is 0 Å². The van der Waals surface area contributed by atoms with Crippen molar-refractivity contribution in [3.63, 3.8) is 0 Å². The van der Waals surface area contributed by atoms with Crippen molar-refractivity contribution in [2.75, 3.05) is 12.3 Å². The smallest absolute Gasteiger partial charge is 0.157 e. The normalized spacial score (nSPS) is 20.7. The molecule has 0 radical (unpaired) electrons. The van der Waals surface area contributed by atoms with Gasteiger partial charge in [0.2, 0.25) is 0 Å². The monoisotopic (exact) mass is 316 g/mol. The quantitative estimate of drug-likeness (QED) is 0.900. The second kappa shape index (κ2) is 6.24. The van der Waals surface area contributed by atoms with E-state index in [2.05, 4.69) is 67.0 Å². The highest BCUT2D eigenvalue weighted by atomic mass is 32.2. The van der Waals surface area contributed by atoms with E-state index in [-0.39, 0.29) is 5.41 Å². The van der Waals surface area contributed by atoms with Crippen molar-refractivity contribution in [3.05, 3.63) is 58.3 Å². The van der Waals surface area contributed by atoms with Gasteiger partial charge in [-0.3, -0.25) is 4.99 Å². The Morgan fingerprint density at radius 2 is 2.00 bits per heavy atom. The van der Waals surface area contributed by atoms with E-state index in [0.29, 0.717) is 6.04 Å². The summed E-state index contributed by atoms with van der Waals surface area (Å²) in [5, 5.41) is 6.76. The van der Waals surface area contributed by atoms with Crippen molar-refractivity contribution in [2.45, 2.75) is 25.3 Å². The lowest BCUT2D eigenvalue weighted by atomic mass is 9.92. The lowest BCUT2D eigenvalue weighted by molar-refractivity contribution is 0.551. The number of hydrogen-bond donors (Lipinski definition) is 1. The van der Waals surface area contributed by atoms with E-state index >= 15 is 0 Å². The summed E-state index contributed by atoms with van der Waals surface area (Å²) in [4.78, 5) is 6.20. The summed E-state index contributed by atoms with van der Waals surface area (Å²) < 4.78 is 0. The number of nitrogens with zero attached hydrogens (tertiary/aromatic N) is 1. The zero-order chi connectivity index (χ0) is 14.7.